The number of sulfonamides is 1. The maximum Gasteiger partial charge on any atom is 0.339 e. The van der Waals surface area contributed by atoms with Crippen LogP contribution < -0.4 is 9.86 Å². The highest BCUT2D eigenvalue weighted by molar-refractivity contribution is 7.93. The maximum absolute atomic E-state index is 13.4. The average Bonchev–Trinajstić information content (AvgIpc) is 3.29. The van der Waals surface area contributed by atoms with Crippen LogP contribution in [0.1, 0.15) is 15.9 Å². The summed E-state index contributed by atoms with van der Waals surface area (Å²) in [6, 6.07) is 17.7. The number of fused-ring (bicyclic) bond motifs is 2. The number of para-hydroxylation sites is 1. The molecule has 2 heterocycles. The predicted molar refractivity (Wildman–Crippen MR) is 125 cm³/mol. The fraction of sp³-hybridized carbons (Fsp3) is 0.130. The Morgan fingerprint density at radius 3 is 2.68 bits per heavy atom. The number of halogens is 1. The molecule has 0 bridgehead atoms. The maximum atomic E-state index is 13.4. The molecule has 172 valence electrons. The van der Waals surface area contributed by atoms with E-state index in [1.54, 1.807) is 36.4 Å². The summed E-state index contributed by atoms with van der Waals surface area (Å²) in [5, 5.41) is 8.02. The van der Waals surface area contributed by atoms with Crippen molar-refractivity contribution in [2.24, 2.45) is 0 Å². The van der Waals surface area contributed by atoms with Gasteiger partial charge in [0.25, 0.3) is 15.6 Å². The van der Waals surface area contributed by atoms with Gasteiger partial charge in [-0.15, -0.1) is 5.10 Å². The van der Waals surface area contributed by atoms with Gasteiger partial charge in [-0.3, -0.25) is 9.10 Å². The van der Waals surface area contributed by atoms with Crippen molar-refractivity contribution < 1.29 is 17.9 Å². The largest absolute Gasteiger partial charge is 0.439 e. The number of ether oxygens (including phenoxy) is 1. The molecule has 11 heteroatoms. The van der Waals surface area contributed by atoms with Gasteiger partial charge in [0, 0.05) is 6.54 Å². The first-order valence-electron chi connectivity index (χ1n) is 10.3. The van der Waals surface area contributed by atoms with Crippen LogP contribution in [-0.2, 0) is 27.9 Å². The minimum absolute atomic E-state index is 0.0162. The molecule has 0 amide bonds. The molecular weight excluding hydrogens is 480 g/mol. The van der Waals surface area contributed by atoms with E-state index in [9.17, 15) is 18.0 Å². The molecule has 0 N–H and O–H groups in total. The third-order valence-corrected chi connectivity index (χ3v) is 7.82. The molecule has 0 aliphatic carbocycles. The molecule has 1 aliphatic heterocycles. The first kappa shape index (κ1) is 22.1. The second-order valence-corrected chi connectivity index (χ2v) is 9.81. The Morgan fingerprint density at radius 1 is 1.06 bits per heavy atom. The monoisotopic (exact) mass is 496 g/mol. The van der Waals surface area contributed by atoms with Crippen LogP contribution in [0.3, 0.4) is 0 Å². The Bertz CT molecular complexity index is 1600. The number of rotatable bonds is 5. The van der Waals surface area contributed by atoms with E-state index in [0.717, 1.165) is 10.2 Å². The molecule has 9 nitrogen and oxygen atoms in total. The van der Waals surface area contributed by atoms with Gasteiger partial charge in [0.2, 0.25) is 0 Å². The molecule has 0 saturated heterocycles. The van der Waals surface area contributed by atoms with Crippen LogP contribution in [0.15, 0.2) is 76.4 Å². The first-order chi connectivity index (χ1) is 16.4. The van der Waals surface area contributed by atoms with Crippen molar-refractivity contribution >= 4 is 44.2 Å². The summed E-state index contributed by atoms with van der Waals surface area (Å²) in [5.41, 5.74) is 1.43. The van der Waals surface area contributed by atoms with E-state index < -0.39 is 28.3 Å². The summed E-state index contributed by atoms with van der Waals surface area (Å²) in [5.74, 6) is -0.836. The summed E-state index contributed by atoms with van der Waals surface area (Å²) in [6.45, 7) is -0.212. The van der Waals surface area contributed by atoms with Crippen molar-refractivity contribution in [3.63, 3.8) is 0 Å². The molecule has 0 saturated carbocycles. The SMILES string of the molecule is O=C(OCn1nnc2ccccc2c1=O)c1ccc(Cl)c(S(=O)(=O)N2CCc3ccccc32)c1. The van der Waals surface area contributed by atoms with E-state index >= 15 is 0 Å². The second kappa shape index (κ2) is 8.54. The normalized spacial score (nSPS) is 13.1. The van der Waals surface area contributed by atoms with Crippen molar-refractivity contribution in [1.29, 1.82) is 0 Å². The zero-order chi connectivity index (χ0) is 23.9. The Balaban J connectivity index is 1.40. The number of hydrogen-bond donors (Lipinski definition) is 0. The van der Waals surface area contributed by atoms with E-state index in [4.69, 9.17) is 16.3 Å². The van der Waals surface area contributed by atoms with Gasteiger partial charge >= 0.3 is 5.97 Å². The third-order valence-electron chi connectivity index (χ3n) is 5.53. The fourth-order valence-electron chi connectivity index (χ4n) is 3.82. The van der Waals surface area contributed by atoms with Gasteiger partial charge < -0.3 is 4.74 Å². The van der Waals surface area contributed by atoms with Crippen LogP contribution in [0.2, 0.25) is 5.02 Å². The standard InChI is InChI=1S/C23H17ClN4O5S/c24-18-10-9-16(13-21(18)34(31,32)28-12-11-15-5-1-4-8-20(15)28)23(30)33-14-27-22(29)17-6-2-3-7-19(17)25-26-27/h1-10,13H,11-12,14H2. The number of carbonyl (C=O) groups excluding carboxylic acids is 1. The molecule has 5 rings (SSSR count). The number of benzene rings is 3. The summed E-state index contributed by atoms with van der Waals surface area (Å²) in [7, 11) is -4.02. The topological polar surface area (TPSA) is 111 Å². The van der Waals surface area contributed by atoms with Crippen molar-refractivity contribution in [3.05, 3.63) is 93.2 Å². The minimum atomic E-state index is -4.02. The number of esters is 1. The van der Waals surface area contributed by atoms with Crippen LogP contribution in [0.5, 0.6) is 0 Å². The molecule has 4 aromatic rings. The average molecular weight is 497 g/mol. The highest BCUT2D eigenvalue weighted by Crippen LogP contribution is 2.35. The zero-order valence-electron chi connectivity index (χ0n) is 17.6. The molecular formula is C23H17ClN4O5S. The molecule has 1 aromatic heterocycles. The Morgan fingerprint density at radius 2 is 1.82 bits per heavy atom. The van der Waals surface area contributed by atoms with Crippen molar-refractivity contribution in [2.45, 2.75) is 18.0 Å². The van der Waals surface area contributed by atoms with Crippen LogP contribution in [0.25, 0.3) is 10.9 Å². The van der Waals surface area contributed by atoms with Crippen LogP contribution in [0, 0.1) is 0 Å². The van der Waals surface area contributed by atoms with Crippen molar-refractivity contribution in [1.82, 2.24) is 15.0 Å². The van der Waals surface area contributed by atoms with E-state index in [-0.39, 0.29) is 22.0 Å². The number of anilines is 1. The van der Waals surface area contributed by atoms with Gasteiger partial charge in [-0.25, -0.2) is 13.2 Å². The highest BCUT2D eigenvalue weighted by atomic mass is 35.5. The highest BCUT2D eigenvalue weighted by Gasteiger charge is 2.32. The lowest BCUT2D eigenvalue weighted by Crippen LogP contribution is -2.29. The molecule has 0 atom stereocenters. The lowest BCUT2D eigenvalue weighted by Gasteiger charge is -2.20. The van der Waals surface area contributed by atoms with E-state index in [1.807, 2.05) is 12.1 Å². The number of aromatic nitrogens is 3. The Kier molecular flexibility index (Phi) is 5.54. The van der Waals surface area contributed by atoms with Gasteiger partial charge in [-0.1, -0.05) is 47.1 Å². The molecule has 1 aliphatic rings. The summed E-state index contributed by atoms with van der Waals surface area (Å²) in [6.07, 6.45) is 0.580. The molecule has 3 aromatic carbocycles. The molecule has 34 heavy (non-hydrogen) atoms. The van der Waals surface area contributed by atoms with E-state index in [0.29, 0.717) is 23.0 Å². The van der Waals surface area contributed by atoms with E-state index in [2.05, 4.69) is 10.3 Å². The quantitative estimate of drug-likeness (QED) is 0.390. The van der Waals surface area contributed by atoms with Gasteiger partial charge in [-0.05, 0) is 48.4 Å². The lowest BCUT2D eigenvalue weighted by molar-refractivity contribution is 0.0336. The van der Waals surface area contributed by atoms with Gasteiger partial charge in [-0.2, -0.15) is 4.68 Å². The van der Waals surface area contributed by atoms with E-state index in [1.165, 1.54) is 22.5 Å². The van der Waals surface area contributed by atoms with Crippen molar-refractivity contribution in [2.75, 3.05) is 10.8 Å². The smallest absolute Gasteiger partial charge is 0.339 e. The summed E-state index contributed by atoms with van der Waals surface area (Å²) < 4.78 is 34.1. The summed E-state index contributed by atoms with van der Waals surface area (Å²) >= 11 is 6.22. The third kappa shape index (κ3) is 3.80. The van der Waals surface area contributed by atoms with Gasteiger partial charge in [0.1, 0.15) is 10.4 Å². The second-order valence-electron chi connectivity index (χ2n) is 7.57. The summed E-state index contributed by atoms with van der Waals surface area (Å²) in [4.78, 5) is 25.0. The number of nitrogens with zero attached hydrogens (tertiary/aromatic N) is 4. The zero-order valence-corrected chi connectivity index (χ0v) is 19.2. The van der Waals surface area contributed by atoms with Gasteiger partial charge in [0.15, 0.2) is 6.73 Å². The molecule has 0 spiro atoms. The number of carbonyl (C=O) groups is 1. The first-order valence-corrected chi connectivity index (χ1v) is 12.1. The minimum Gasteiger partial charge on any atom is -0.439 e. The Hall–Kier alpha value is -3.76. The predicted octanol–water partition coefficient (Wildman–Crippen LogP) is 3.01. The van der Waals surface area contributed by atoms with Crippen molar-refractivity contribution in [3.8, 4) is 0 Å². The van der Waals surface area contributed by atoms with Crippen LogP contribution in [0.4, 0.5) is 5.69 Å². The molecule has 0 unspecified atom stereocenters. The fourth-order valence-corrected chi connectivity index (χ4v) is 5.82. The molecule has 0 fully saturated rings. The Labute approximate surface area is 199 Å². The van der Waals surface area contributed by atoms with Crippen LogP contribution in [-0.4, -0.2) is 35.9 Å². The molecule has 0 radical (unpaired) electrons. The van der Waals surface area contributed by atoms with Crippen LogP contribution >= 0.6 is 11.6 Å². The number of hydrogen-bond acceptors (Lipinski definition) is 7. The van der Waals surface area contributed by atoms with Gasteiger partial charge in [0.05, 0.1) is 21.7 Å². The lowest BCUT2D eigenvalue weighted by atomic mass is 10.2.